The molecule has 1 aliphatic carbocycles. The maximum atomic E-state index is 12.6. The molecule has 4 rings (SSSR count). The summed E-state index contributed by atoms with van der Waals surface area (Å²) in [5.74, 6) is 0.975. The highest BCUT2D eigenvalue weighted by Crippen LogP contribution is 2.19. The Morgan fingerprint density at radius 3 is 2.53 bits per heavy atom. The summed E-state index contributed by atoms with van der Waals surface area (Å²) >= 11 is 0. The lowest BCUT2D eigenvalue weighted by Crippen LogP contribution is -2.46. The number of hydrogen-bond donors (Lipinski definition) is 2. The largest absolute Gasteiger partial charge is 0.486 e. The maximum Gasteiger partial charge on any atom is 0.321 e. The molecule has 3 aromatic rings. The third kappa shape index (κ3) is 4.97. The molecular weight excluding hydrogens is 380 g/mol. The Morgan fingerprint density at radius 1 is 1.00 bits per heavy atom. The van der Waals surface area contributed by atoms with Gasteiger partial charge in [0, 0.05) is 6.04 Å². The Labute approximate surface area is 175 Å². The number of hydrogen-bond acceptors (Lipinski definition) is 4. The number of benzene rings is 2. The molecule has 0 spiro atoms. The smallest absolute Gasteiger partial charge is 0.321 e. The van der Waals surface area contributed by atoms with Crippen molar-refractivity contribution in [2.75, 3.05) is 0 Å². The van der Waals surface area contributed by atoms with Crippen molar-refractivity contribution < 1.29 is 14.3 Å². The second-order valence-corrected chi connectivity index (χ2v) is 7.56. The predicted octanol–water partition coefficient (Wildman–Crippen LogP) is 3.77. The lowest BCUT2D eigenvalue weighted by Gasteiger charge is -2.22. The van der Waals surface area contributed by atoms with Gasteiger partial charge in [0.05, 0.1) is 11.0 Å². The molecule has 7 nitrogen and oxygen atoms in total. The van der Waals surface area contributed by atoms with Crippen molar-refractivity contribution in [3.63, 3.8) is 0 Å². The second-order valence-electron chi connectivity index (χ2n) is 7.56. The van der Waals surface area contributed by atoms with E-state index in [4.69, 9.17) is 4.74 Å². The van der Waals surface area contributed by atoms with Crippen LogP contribution in [0.25, 0.3) is 11.0 Å². The molecule has 0 aliphatic heterocycles. The van der Waals surface area contributed by atoms with Gasteiger partial charge in [-0.3, -0.25) is 10.1 Å². The van der Waals surface area contributed by atoms with E-state index in [1.54, 1.807) is 4.57 Å². The molecule has 1 heterocycles. The molecule has 1 fully saturated rings. The highest BCUT2D eigenvalue weighted by molar-refractivity contribution is 5.94. The van der Waals surface area contributed by atoms with Crippen LogP contribution >= 0.6 is 0 Å². The number of urea groups is 1. The van der Waals surface area contributed by atoms with Gasteiger partial charge in [-0.2, -0.15) is 0 Å². The van der Waals surface area contributed by atoms with E-state index in [-0.39, 0.29) is 25.1 Å². The topological polar surface area (TPSA) is 85.2 Å². The summed E-state index contributed by atoms with van der Waals surface area (Å²) in [7, 11) is 0. The predicted molar refractivity (Wildman–Crippen MR) is 114 cm³/mol. The summed E-state index contributed by atoms with van der Waals surface area (Å²) in [4.78, 5) is 29.4. The number of fused-ring (bicyclic) bond motifs is 1. The van der Waals surface area contributed by atoms with E-state index in [0.29, 0.717) is 5.82 Å². The van der Waals surface area contributed by atoms with E-state index in [1.165, 1.54) is 6.42 Å². The average molecular weight is 406 g/mol. The molecule has 0 atom stereocenters. The number of aromatic nitrogens is 2. The molecule has 0 unspecified atom stereocenters. The zero-order valence-corrected chi connectivity index (χ0v) is 16.8. The van der Waals surface area contributed by atoms with Crippen molar-refractivity contribution in [1.82, 2.24) is 20.2 Å². The van der Waals surface area contributed by atoms with Gasteiger partial charge in [-0.25, -0.2) is 9.78 Å². The molecule has 2 N–H and O–H groups in total. The lowest BCUT2D eigenvalue weighted by molar-refractivity contribution is -0.120. The summed E-state index contributed by atoms with van der Waals surface area (Å²) in [6.07, 6.45) is 5.37. The monoisotopic (exact) mass is 406 g/mol. The first-order valence-corrected chi connectivity index (χ1v) is 10.4. The van der Waals surface area contributed by atoms with Gasteiger partial charge in [-0.1, -0.05) is 49.6 Å². The average Bonchev–Trinajstić information content (AvgIpc) is 3.11. The summed E-state index contributed by atoms with van der Waals surface area (Å²) in [6.45, 7) is 0.215. The third-order valence-electron chi connectivity index (χ3n) is 5.34. The van der Waals surface area contributed by atoms with Crippen LogP contribution in [0.1, 0.15) is 37.9 Å². The number of imidazole rings is 1. The van der Waals surface area contributed by atoms with Crippen LogP contribution in [-0.2, 0) is 17.9 Å². The molecule has 3 amide bonds. The number of para-hydroxylation sites is 3. The molecule has 2 aromatic carbocycles. The fourth-order valence-corrected chi connectivity index (χ4v) is 3.85. The van der Waals surface area contributed by atoms with Crippen molar-refractivity contribution in [2.45, 2.75) is 51.3 Å². The van der Waals surface area contributed by atoms with Crippen LogP contribution in [0.4, 0.5) is 4.79 Å². The van der Waals surface area contributed by atoms with E-state index in [2.05, 4.69) is 15.6 Å². The van der Waals surface area contributed by atoms with E-state index in [0.717, 1.165) is 42.5 Å². The maximum absolute atomic E-state index is 12.6. The summed E-state index contributed by atoms with van der Waals surface area (Å²) in [5, 5.41) is 5.36. The van der Waals surface area contributed by atoms with Crippen molar-refractivity contribution in [3.8, 4) is 5.75 Å². The van der Waals surface area contributed by atoms with Crippen LogP contribution in [0, 0.1) is 0 Å². The van der Waals surface area contributed by atoms with Gasteiger partial charge in [0.1, 0.15) is 24.7 Å². The molecular formula is C23H26N4O3. The first-order valence-electron chi connectivity index (χ1n) is 10.4. The van der Waals surface area contributed by atoms with E-state index in [1.807, 2.05) is 54.6 Å². The number of amides is 3. The molecule has 156 valence electrons. The standard InChI is InChI=1S/C23H26N4O3/c28-22(26-23(29)24-17-9-3-1-4-10-17)15-27-20-14-8-7-13-19(20)25-21(27)16-30-18-11-5-2-6-12-18/h2,5-8,11-14,17H,1,3-4,9-10,15-16H2,(H2,24,26,28,29). The lowest BCUT2D eigenvalue weighted by atomic mass is 9.96. The molecule has 7 heteroatoms. The molecule has 1 saturated carbocycles. The number of nitrogens with zero attached hydrogens (tertiary/aromatic N) is 2. The molecule has 0 saturated heterocycles. The van der Waals surface area contributed by atoms with Gasteiger partial charge in [-0.05, 0) is 37.1 Å². The highest BCUT2D eigenvalue weighted by atomic mass is 16.5. The van der Waals surface area contributed by atoms with Crippen molar-refractivity contribution >= 4 is 23.0 Å². The Hall–Kier alpha value is -3.35. The SMILES string of the molecule is O=C(Cn1c(COc2ccccc2)nc2ccccc21)NC(=O)NC1CCCCC1. The quantitative estimate of drug-likeness (QED) is 0.652. The van der Waals surface area contributed by atoms with Crippen molar-refractivity contribution in [1.29, 1.82) is 0 Å². The highest BCUT2D eigenvalue weighted by Gasteiger charge is 2.19. The Kier molecular flexibility index (Phi) is 6.27. The summed E-state index contributed by atoms with van der Waals surface area (Å²) < 4.78 is 7.62. The normalized spacial score (nSPS) is 14.4. The van der Waals surface area contributed by atoms with E-state index in [9.17, 15) is 9.59 Å². The van der Waals surface area contributed by atoms with Gasteiger partial charge in [-0.15, -0.1) is 0 Å². The van der Waals surface area contributed by atoms with Gasteiger partial charge in [0.25, 0.3) is 0 Å². The van der Waals surface area contributed by atoms with Gasteiger partial charge in [0.2, 0.25) is 5.91 Å². The first kappa shape index (κ1) is 19.9. The van der Waals surface area contributed by atoms with Crippen LogP contribution in [0.15, 0.2) is 54.6 Å². The zero-order valence-electron chi connectivity index (χ0n) is 16.8. The van der Waals surface area contributed by atoms with Crippen LogP contribution in [0.5, 0.6) is 5.75 Å². The number of carbonyl (C=O) groups is 2. The van der Waals surface area contributed by atoms with Crippen LogP contribution in [0.3, 0.4) is 0 Å². The van der Waals surface area contributed by atoms with Crippen LogP contribution < -0.4 is 15.4 Å². The third-order valence-corrected chi connectivity index (χ3v) is 5.34. The van der Waals surface area contributed by atoms with Gasteiger partial charge >= 0.3 is 6.03 Å². The molecule has 1 aromatic heterocycles. The Bertz CT molecular complexity index is 1010. The fraction of sp³-hybridized carbons (Fsp3) is 0.348. The fourth-order valence-electron chi connectivity index (χ4n) is 3.85. The summed E-state index contributed by atoms with van der Waals surface area (Å²) in [5.41, 5.74) is 1.61. The van der Waals surface area contributed by atoms with Crippen molar-refractivity contribution in [3.05, 3.63) is 60.4 Å². The summed E-state index contributed by atoms with van der Waals surface area (Å²) in [6, 6.07) is 16.8. The van der Waals surface area contributed by atoms with Crippen LogP contribution in [-0.4, -0.2) is 27.5 Å². The van der Waals surface area contributed by atoms with E-state index < -0.39 is 6.03 Å². The Balaban J connectivity index is 1.44. The number of rotatable bonds is 6. The first-order chi connectivity index (χ1) is 14.7. The number of carbonyl (C=O) groups excluding carboxylic acids is 2. The number of imide groups is 1. The molecule has 1 aliphatic rings. The number of nitrogens with one attached hydrogen (secondary N) is 2. The van der Waals surface area contributed by atoms with Crippen LogP contribution in [0.2, 0.25) is 0 Å². The second kappa shape index (κ2) is 9.43. The Morgan fingerprint density at radius 2 is 1.73 bits per heavy atom. The van der Waals surface area contributed by atoms with E-state index >= 15 is 0 Å². The molecule has 0 radical (unpaired) electrons. The minimum atomic E-state index is -0.432. The van der Waals surface area contributed by atoms with Gasteiger partial charge < -0.3 is 14.6 Å². The molecule has 30 heavy (non-hydrogen) atoms. The van der Waals surface area contributed by atoms with Gasteiger partial charge in [0.15, 0.2) is 0 Å². The number of ether oxygens (including phenoxy) is 1. The zero-order chi connectivity index (χ0) is 20.8. The van der Waals surface area contributed by atoms with Crippen molar-refractivity contribution in [2.24, 2.45) is 0 Å². The minimum absolute atomic E-state index is 0.00785. The molecule has 0 bridgehead atoms. The minimum Gasteiger partial charge on any atom is -0.486 e.